The molecule has 0 heterocycles. The third kappa shape index (κ3) is 6.29. The largest absolute Gasteiger partial charge is 0.493 e. The number of benzene rings is 1. The van der Waals surface area contributed by atoms with E-state index in [1.165, 1.54) is 5.56 Å². The topological polar surface area (TPSA) is 75.6 Å². The lowest BCUT2D eigenvalue weighted by Crippen LogP contribution is -2.26. The fraction of sp³-hybridized carbons (Fsp3) is 0.500. The predicted molar refractivity (Wildman–Crippen MR) is 80.6 cm³/mol. The number of carboxylic acids is 1. The van der Waals surface area contributed by atoms with E-state index in [1.54, 1.807) is 0 Å². The Labute approximate surface area is 125 Å². The van der Waals surface area contributed by atoms with Gasteiger partial charge in [0, 0.05) is 13.0 Å². The van der Waals surface area contributed by atoms with Gasteiger partial charge >= 0.3 is 5.97 Å². The summed E-state index contributed by atoms with van der Waals surface area (Å²) in [6.45, 7) is 6.73. The zero-order chi connectivity index (χ0) is 15.8. The predicted octanol–water partition coefficient (Wildman–Crippen LogP) is 2.36. The van der Waals surface area contributed by atoms with Crippen LogP contribution in [0.5, 0.6) is 5.75 Å². The van der Waals surface area contributed by atoms with E-state index in [2.05, 4.69) is 11.4 Å². The summed E-state index contributed by atoms with van der Waals surface area (Å²) in [5.74, 6) is -0.161. The molecule has 0 aliphatic heterocycles. The van der Waals surface area contributed by atoms with Gasteiger partial charge in [0.1, 0.15) is 5.75 Å². The van der Waals surface area contributed by atoms with Crippen LogP contribution in [0.25, 0.3) is 0 Å². The van der Waals surface area contributed by atoms with Crippen molar-refractivity contribution in [3.05, 3.63) is 28.8 Å². The minimum Gasteiger partial charge on any atom is -0.493 e. The highest BCUT2D eigenvalue weighted by Gasteiger charge is 2.06. The van der Waals surface area contributed by atoms with Crippen molar-refractivity contribution in [3.8, 4) is 5.75 Å². The van der Waals surface area contributed by atoms with Crippen molar-refractivity contribution >= 4 is 11.9 Å². The molecule has 1 amide bonds. The summed E-state index contributed by atoms with van der Waals surface area (Å²) >= 11 is 0. The molecule has 0 aliphatic rings. The highest BCUT2D eigenvalue weighted by molar-refractivity contribution is 5.76. The highest BCUT2D eigenvalue weighted by Crippen LogP contribution is 2.23. The van der Waals surface area contributed by atoms with Gasteiger partial charge in [-0.05, 0) is 49.9 Å². The summed E-state index contributed by atoms with van der Waals surface area (Å²) in [4.78, 5) is 21.9. The zero-order valence-corrected chi connectivity index (χ0v) is 12.9. The monoisotopic (exact) mass is 293 g/mol. The summed E-state index contributed by atoms with van der Waals surface area (Å²) in [6, 6.07) is 4.06. The Kier molecular flexibility index (Phi) is 6.72. The normalized spacial score (nSPS) is 10.2. The first-order valence-electron chi connectivity index (χ1n) is 7.09. The standard InChI is InChI=1S/C16H23NO4/c1-11-9-12(2)13(3)14(10-11)21-8-6-15(18)17-7-4-5-16(19)20/h9-10H,4-8H2,1-3H3,(H,17,18)(H,19,20). The second kappa shape index (κ2) is 8.29. The SMILES string of the molecule is Cc1cc(C)c(C)c(OCCC(=O)NCCCC(=O)O)c1. The summed E-state index contributed by atoms with van der Waals surface area (Å²) in [5.41, 5.74) is 3.39. The van der Waals surface area contributed by atoms with Crippen LogP contribution < -0.4 is 10.1 Å². The van der Waals surface area contributed by atoms with Gasteiger partial charge in [0.15, 0.2) is 0 Å². The molecule has 2 N–H and O–H groups in total. The summed E-state index contributed by atoms with van der Waals surface area (Å²) < 4.78 is 5.66. The van der Waals surface area contributed by atoms with Crippen molar-refractivity contribution in [2.45, 2.75) is 40.0 Å². The van der Waals surface area contributed by atoms with Crippen LogP contribution >= 0.6 is 0 Å². The Hall–Kier alpha value is -2.04. The van der Waals surface area contributed by atoms with Crippen molar-refractivity contribution in [2.75, 3.05) is 13.2 Å². The molecule has 0 aromatic heterocycles. The van der Waals surface area contributed by atoms with E-state index < -0.39 is 5.97 Å². The van der Waals surface area contributed by atoms with E-state index in [1.807, 2.05) is 26.8 Å². The number of nitrogens with one attached hydrogen (secondary N) is 1. The summed E-state index contributed by atoms with van der Waals surface area (Å²) in [7, 11) is 0. The second-order valence-corrected chi connectivity index (χ2v) is 5.15. The molecule has 0 unspecified atom stereocenters. The number of carbonyl (C=O) groups is 2. The minimum absolute atomic E-state index is 0.0680. The first-order valence-corrected chi connectivity index (χ1v) is 7.09. The molecule has 1 aromatic carbocycles. The number of carboxylic acid groups (broad SMARTS) is 1. The van der Waals surface area contributed by atoms with Gasteiger partial charge in [0.05, 0.1) is 13.0 Å². The maximum atomic E-state index is 11.6. The molecule has 0 radical (unpaired) electrons. The van der Waals surface area contributed by atoms with Gasteiger partial charge in [-0.3, -0.25) is 9.59 Å². The van der Waals surface area contributed by atoms with E-state index in [-0.39, 0.29) is 18.7 Å². The third-order valence-corrected chi connectivity index (χ3v) is 3.24. The molecular formula is C16H23NO4. The van der Waals surface area contributed by atoms with Gasteiger partial charge in [0.25, 0.3) is 0 Å². The summed E-state index contributed by atoms with van der Waals surface area (Å²) in [5, 5.41) is 11.2. The van der Waals surface area contributed by atoms with E-state index in [0.29, 0.717) is 19.6 Å². The lowest BCUT2D eigenvalue weighted by Gasteiger charge is -2.12. The molecule has 0 saturated carbocycles. The molecule has 0 atom stereocenters. The molecule has 0 saturated heterocycles. The van der Waals surface area contributed by atoms with Crippen LogP contribution in [0.2, 0.25) is 0 Å². The van der Waals surface area contributed by atoms with Crippen LogP contribution in [-0.2, 0) is 9.59 Å². The molecule has 0 spiro atoms. The molecule has 0 bridgehead atoms. The number of hydrogen-bond acceptors (Lipinski definition) is 3. The van der Waals surface area contributed by atoms with Gasteiger partial charge in [0.2, 0.25) is 5.91 Å². The van der Waals surface area contributed by atoms with Gasteiger partial charge < -0.3 is 15.2 Å². The number of carbonyl (C=O) groups excluding carboxylic acids is 1. The molecule has 0 aliphatic carbocycles. The summed E-state index contributed by atoms with van der Waals surface area (Å²) in [6.07, 6.45) is 0.774. The molecule has 0 fully saturated rings. The fourth-order valence-corrected chi connectivity index (χ4v) is 1.96. The Morgan fingerprint density at radius 2 is 1.90 bits per heavy atom. The number of amides is 1. The second-order valence-electron chi connectivity index (χ2n) is 5.15. The molecule has 1 aromatic rings. The maximum absolute atomic E-state index is 11.6. The maximum Gasteiger partial charge on any atom is 0.303 e. The van der Waals surface area contributed by atoms with E-state index in [9.17, 15) is 9.59 Å². The number of aliphatic carboxylic acids is 1. The number of rotatable bonds is 8. The van der Waals surface area contributed by atoms with Gasteiger partial charge in [-0.25, -0.2) is 0 Å². The van der Waals surface area contributed by atoms with Crippen molar-refractivity contribution in [3.63, 3.8) is 0 Å². The van der Waals surface area contributed by atoms with Crippen LogP contribution in [0.4, 0.5) is 0 Å². The van der Waals surface area contributed by atoms with Gasteiger partial charge in [-0.15, -0.1) is 0 Å². The third-order valence-electron chi connectivity index (χ3n) is 3.24. The van der Waals surface area contributed by atoms with Crippen LogP contribution in [0.3, 0.4) is 0 Å². The first kappa shape index (κ1) is 17.0. The van der Waals surface area contributed by atoms with Crippen molar-refractivity contribution in [1.29, 1.82) is 0 Å². The van der Waals surface area contributed by atoms with Crippen LogP contribution in [0.1, 0.15) is 36.0 Å². The molecule has 21 heavy (non-hydrogen) atoms. The van der Waals surface area contributed by atoms with Crippen LogP contribution in [0, 0.1) is 20.8 Å². The van der Waals surface area contributed by atoms with Gasteiger partial charge in [-0.1, -0.05) is 6.07 Å². The number of ether oxygens (including phenoxy) is 1. The molecule has 5 nitrogen and oxygen atoms in total. The van der Waals surface area contributed by atoms with Crippen LogP contribution in [0.15, 0.2) is 12.1 Å². The van der Waals surface area contributed by atoms with Gasteiger partial charge in [-0.2, -0.15) is 0 Å². The smallest absolute Gasteiger partial charge is 0.303 e. The Balaban J connectivity index is 2.30. The zero-order valence-electron chi connectivity index (χ0n) is 12.9. The quantitative estimate of drug-likeness (QED) is 0.721. The Morgan fingerprint density at radius 1 is 1.19 bits per heavy atom. The van der Waals surface area contributed by atoms with E-state index in [4.69, 9.17) is 9.84 Å². The lowest BCUT2D eigenvalue weighted by atomic mass is 10.1. The molecule has 116 valence electrons. The highest BCUT2D eigenvalue weighted by atomic mass is 16.5. The van der Waals surface area contributed by atoms with E-state index in [0.717, 1.165) is 16.9 Å². The number of aryl methyl sites for hydroxylation is 2. The molecular weight excluding hydrogens is 270 g/mol. The first-order chi connectivity index (χ1) is 9.90. The van der Waals surface area contributed by atoms with Crippen molar-refractivity contribution in [2.24, 2.45) is 0 Å². The lowest BCUT2D eigenvalue weighted by molar-refractivity contribution is -0.137. The van der Waals surface area contributed by atoms with E-state index >= 15 is 0 Å². The minimum atomic E-state index is -0.849. The average Bonchev–Trinajstić information content (AvgIpc) is 2.40. The average molecular weight is 293 g/mol. The Bertz CT molecular complexity index is 511. The fourth-order valence-electron chi connectivity index (χ4n) is 1.96. The number of hydrogen-bond donors (Lipinski definition) is 2. The molecule has 1 rings (SSSR count). The molecule has 5 heteroatoms. The van der Waals surface area contributed by atoms with Crippen molar-refractivity contribution in [1.82, 2.24) is 5.32 Å². The Morgan fingerprint density at radius 3 is 2.57 bits per heavy atom. The van der Waals surface area contributed by atoms with Crippen molar-refractivity contribution < 1.29 is 19.4 Å². The van der Waals surface area contributed by atoms with Crippen LogP contribution in [-0.4, -0.2) is 30.1 Å².